The maximum Gasteiger partial charge on any atom is 0.308 e. The van der Waals surface area contributed by atoms with Crippen molar-refractivity contribution in [1.82, 2.24) is 0 Å². The van der Waals surface area contributed by atoms with Gasteiger partial charge in [0.25, 0.3) is 0 Å². The summed E-state index contributed by atoms with van der Waals surface area (Å²) in [6.45, 7) is 0. The predicted molar refractivity (Wildman–Crippen MR) is 24.8 cm³/mol. The van der Waals surface area contributed by atoms with Crippen molar-refractivity contribution in [3.8, 4) is 0 Å². The number of alkyl halides is 1. The molecule has 2 nitrogen and oxygen atoms in total. The van der Waals surface area contributed by atoms with E-state index in [4.69, 9.17) is 0 Å². The molecule has 0 radical (unpaired) electrons. The van der Waals surface area contributed by atoms with Crippen LogP contribution in [0.2, 0.25) is 0 Å². The minimum atomic E-state index is -1.34. The second-order valence-corrected chi connectivity index (χ2v) is 1.79. The van der Waals surface area contributed by atoms with E-state index in [-0.39, 0.29) is 0 Å². The van der Waals surface area contributed by atoms with E-state index in [0.29, 0.717) is 19.3 Å². The van der Waals surface area contributed by atoms with Gasteiger partial charge in [-0.2, -0.15) is 0 Å². The first-order valence-electron chi connectivity index (χ1n) is 2.62. The molecule has 1 saturated heterocycles. The molecule has 0 aromatic rings. The number of carbonyl (C=O) groups excluding carboxylic acids is 1. The van der Waals surface area contributed by atoms with Gasteiger partial charge in [-0.1, -0.05) is 0 Å². The van der Waals surface area contributed by atoms with E-state index in [0.717, 1.165) is 0 Å². The highest BCUT2D eigenvalue weighted by molar-refractivity contribution is 5.69. The van der Waals surface area contributed by atoms with Crippen LogP contribution in [0.25, 0.3) is 0 Å². The van der Waals surface area contributed by atoms with Gasteiger partial charge in [-0.15, -0.1) is 0 Å². The van der Waals surface area contributed by atoms with E-state index in [2.05, 4.69) is 4.74 Å². The summed E-state index contributed by atoms with van der Waals surface area (Å²) in [6, 6.07) is 0. The van der Waals surface area contributed by atoms with Gasteiger partial charge in [0, 0.05) is 12.8 Å². The van der Waals surface area contributed by atoms with E-state index in [1.807, 2.05) is 0 Å². The Bertz CT molecular complexity index is 103. The molecule has 0 spiro atoms. The summed E-state index contributed by atoms with van der Waals surface area (Å²) in [5.74, 6) is -0.413. The number of cyclic esters (lactones) is 1. The van der Waals surface area contributed by atoms with Crippen molar-refractivity contribution in [2.24, 2.45) is 0 Å². The molecule has 1 atom stereocenters. The highest BCUT2D eigenvalue weighted by atomic mass is 19.1. The largest absolute Gasteiger partial charge is 0.431 e. The Labute approximate surface area is 46.6 Å². The molecule has 1 fully saturated rings. The Morgan fingerprint density at radius 1 is 1.75 bits per heavy atom. The van der Waals surface area contributed by atoms with Crippen molar-refractivity contribution in [3.05, 3.63) is 0 Å². The van der Waals surface area contributed by atoms with Gasteiger partial charge in [0.2, 0.25) is 6.36 Å². The summed E-state index contributed by atoms with van der Waals surface area (Å²) in [5.41, 5.74) is 0. The van der Waals surface area contributed by atoms with Crippen LogP contribution in [-0.4, -0.2) is 12.3 Å². The summed E-state index contributed by atoms with van der Waals surface area (Å²) in [4.78, 5) is 10.2. The molecule has 8 heavy (non-hydrogen) atoms. The standard InChI is InChI=1S/C5H7FO2/c6-4-2-1-3-5(7)8-4/h4H,1-3H2. The van der Waals surface area contributed by atoms with Crippen LogP contribution in [0.1, 0.15) is 19.3 Å². The van der Waals surface area contributed by atoms with Crippen LogP contribution < -0.4 is 0 Å². The van der Waals surface area contributed by atoms with Crippen molar-refractivity contribution >= 4 is 5.97 Å². The number of ether oxygens (including phenoxy) is 1. The topological polar surface area (TPSA) is 26.3 Å². The van der Waals surface area contributed by atoms with Crippen LogP contribution in [0, 0.1) is 0 Å². The molecule has 0 N–H and O–H groups in total. The first-order valence-corrected chi connectivity index (χ1v) is 2.62. The van der Waals surface area contributed by atoms with Crippen molar-refractivity contribution in [1.29, 1.82) is 0 Å². The second kappa shape index (κ2) is 2.11. The summed E-state index contributed by atoms with van der Waals surface area (Å²) in [7, 11) is 0. The molecule has 0 amide bonds. The van der Waals surface area contributed by atoms with E-state index >= 15 is 0 Å². The molecular weight excluding hydrogens is 111 g/mol. The quantitative estimate of drug-likeness (QED) is 0.444. The fourth-order valence-electron chi connectivity index (χ4n) is 0.667. The molecule has 0 saturated carbocycles. The summed E-state index contributed by atoms with van der Waals surface area (Å²) < 4.78 is 16.2. The zero-order valence-corrected chi connectivity index (χ0v) is 4.39. The van der Waals surface area contributed by atoms with Crippen LogP contribution >= 0.6 is 0 Å². The molecular formula is C5H7FO2. The lowest BCUT2D eigenvalue weighted by atomic mass is 10.2. The lowest BCUT2D eigenvalue weighted by Crippen LogP contribution is -2.18. The van der Waals surface area contributed by atoms with Gasteiger partial charge in [-0.25, -0.2) is 4.39 Å². The molecule has 0 bridgehead atoms. The monoisotopic (exact) mass is 118 g/mol. The van der Waals surface area contributed by atoms with Gasteiger partial charge in [-0.05, 0) is 6.42 Å². The zero-order valence-electron chi connectivity index (χ0n) is 4.39. The maximum absolute atomic E-state index is 12.0. The Kier molecular flexibility index (Phi) is 1.46. The molecule has 3 heteroatoms. The molecule has 1 unspecified atom stereocenters. The molecule has 1 aliphatic heterocycles. The molecule has 1 heterocycles. The van der Waals surface area contributed by atoms with E-state index < -0.39 is 12.3 Å². The van der Waals surface area contributed by atoms with Gasteiger partial charge in [-0.3, -0.25) is 4.79 Å². The van der Waals surface area contributed by atoms with Crippen molar-refractivity contribution in [3.63, 3.8) is 0 Å². The Balaban J connectivity index is 2.34. The Morgan fingerprint density at radius 3 is 2.88 bits per heavy atom. The van der Waals surface area contributed by atoms with Crippen molar-refractivity contribution < 1.29 is 13.9 Å². The van der Waals surface area contributed by atoms with Crippen LogP contribution in [-0.2, 0) is 9.53 Å². The van der Waals surface area contributed by atoms with E-state index in [9.17, 15) is 9.18 Å². The Morgan fingerprint density at radius 2 is 2.50 bits per heavy atom. The summed E-state index contributed by atoms with van der Waals surface area (Å²) >= 11 is 0. The first kappa shape index (κ1) is 5.54. The number of esters is 1. The van der Waals surface area contributed by atoms with Gasteiger partial charge >= 0.3 is 5.97 Å². The van der Waals surface area contributed by atoms with Crippen molar-refractivity contribution in [2.75, 3.05) is 0 Å². The average molecular weight is 118 g/mol. The number of carbonyl (C=O) groups is 1. The molecule has 1 aliphatic rings. The minimum Gasteiger partial charge on any atom is -0.431 e. The number of hydrogen-bond acceptors (Lipinski definition) is 2. The highest BCUT2D eigenvalue weighted by Gasteiger charge is 2.18. The molecule has 0 aliphatic carbocycles. The highest BCUT2D eigenvalue weighted by Crippen LogP contribution is 2.13. The van der Waals surface area contributed by atoms with Crippen LogP contribution in [0.3, 0.4) is 0 Å². The lowest BCUT2D eigenvalue weighted by Gasteiger charge is -2.13. The van der Waals surface area contributed by atoms with E-state index in [1.165, 1.54) is 0 Å². The van der Waals surface area contributed by atoms with Gasteiger partial charge in [0.1, 0.15) is 0 Å². The van der Waals surface area contributed by atoms with Crippen LogP contribution in [0.5, 0.6) is 0 Å². The zero-order chi connectivity index (χ0) is 5.98. The Hall–Kier alpha value is -0.600. The second-order valence-electron chi connectivity index (χ2n) is 1.79. The number of rotatable bonds is 0. The van der Waals surface area contributed by atoms with Crippen LogP contribution in [0.15, 0.2) is 0 Å². The molecule has 0 aromatic carbocycles. The summed E-state index contributed by atoms with van der Waals surface area (Å²) in [5, 5.41) is 0. The summed E-state index contributed by atoms with van der Waals surface area (Å²) in [6.07, 6.45) is 0.0304. The number of hydrogen-bond donors (Lipinski definition) is 0. The third kappa shape index (κ3) is 1.18. The molecule has 0 aromatic heterocycles. The van der Waals surface area contributed by atoms with Crippen LogP contribution in [0.4, 0.5) is 4.39 Å². The van der Waals surface area contributed by atoms with Gasteiger partial charge in [0.05, 0.1) is 0 Å². The minimum absolute atomic E-state index is 0.367. The normalized spacial score (nSPS) is 29.6. The first-order chi connectivity index (χ1) is 3.79. The smallest absolute Gasteiger partial charge is 0.308 e. The van der Waals surface area contributed by atoms with Gasteiger partial charge in [0.15, 0.2) is 0 Å². The molecule has 46 valence electrons. The maximum atomic E-state index is 12.0. The SMILES string of the molecule is O=C1CCCC(F)O1. The number of halogens is 1. The third-order valence-electron chi connectivity index (χ3n) is 1.07. The van der Waals surface area contributed by atoms with Crippen molar-refractivity contribution in [2.45, 2.75) is 25.6 Å². The molecule has 1 rings (SSSR count). The van der Waals surface area contributed by atoms with Gasteiger partial charge < -0.3 is 4.74 Å². The fraction of sp³-hybridized carbons (Fsp3) is 0.800. The van der Waals surface area contributed by atoms with E-state index in [1.54, 1.807) is 0 Å². The average Bonchev–Trinajstić information content (AvgIpc) is 1.64. The lowest BCUT2D eigenvalue weighted by molar-refractivity contribution is -0.164. The predicted octanol–water partition coefficient (Wildman–Crippen LogP) is 1.01. The third-order valence-corrected chi connectivity index (χ3v) is 1.07. The fourth-order valence-corrected chi connectivity index (χ4v) is 0.667.